The van der Waals surface area contributed by atoms with Crippen molar-refractivity contribution >= 4 is 5.97 Å². The summed E-state index contributed by atoms with van der Waals surface area (Å²) in [5, 5.41) is 51.4. The molecule has 3 aliphatic heterocycles. The Labute approximate surface area is 370 Å². The molecule has 3 saturated heterocycles. The van der Waals surface area contributed by atoms with Crippen LogP contribution in [0.2, 0.25) is 0 Å². The Hall–Kier alpha value is -1.01. The molecule has 0 amide bonds. The number of esters is 1. The van der Waals surface area contributed by atoms with Crippen molar-refractivity contribution in [3.63, 3.8) is 0 Å². The molecule has 14 heteroatoms. The predicted octanol–water partition coefficient (Wildman–Crippen LogP) is 5.10. The third kappa shape index (κ3) is 12.7. The molecule has 3 fully saturated rings. The number of likely N-dealkylation sites (N-methyl/N-ethyl adjacent to an activating group) is 1. The molecule has 61 heavy (non-hydrogen) atoms. The van der Waals surface area contributed by atoms with Crippen LogP contribution in [0.1, 0.15) is 142 Å². The van der Waals surface area contributed by atoms with Gasteiger partial charge in [-0.2, -0.15) is 0 Å². The zero-order chi connectivity index (χ0) is 46.4. The van der Waals surface area contributed by atoms with Crippen LogP contribution in [0.25, 0.3) is 0 Å². The van der Waals surface area contributed by atoms with E-state index in [9.17, 15) is 25.2 Å². The summed E-state index contributed by atoms with van der Waals surface area (Å²) in [7, 11) is 5.48. The van der Waals surface area contributed by atoms with E-state index in [0.717, 1.165) is 25.8 Å². The summed E-state index contributed by atoms with van der Waals surface area (Å²) < 4.78 is 39.5. The number of carbonyl (C=O) groups excluding carboxylic acids is 1. The van der Waals surface area contributed by atoms with E-state index in [2.05, 4.69) is 51.8 Å². The van der Waals surface area contributed by atoms with Gasteiger partial charge in [0.1, 0.15) is 29.0 Å². The Morgan fingerprint density at radius 1 is 0.951 bits per heavy atom. The number of aliphatic hydroxyl groups is 4. The Morgan fingerprint density at radius 2 is 1.59 bits per heavy atom. The summed E-state index contributed by atoms with van der Waals surface area (Å²) in [5.74, 6) is -2.42. The topological polar surface area (TPSA) is 172 Å². The fourth-order valence-electron chi connectivity index (χ4n) is 10.7. The summed E-state index contributed by atoms with van der Waals surface area (Å²) in [5.41, 5.74) is -4.87. The minimum atomic E-state index is -1.75. The van der Waals surface area contributed by atoms with Crippen molar-refractivity contribution < 1.29 is 53.6 Å². The largest absolute Gasteiger partial charge is 0.459 e. The van der Waals surface area contributed by atoms with E-state index in [1.807, 2.05) is 60.5 Å². The van der Waals surface area contributed by atoms with Gasteiger partial charge in [0.05, 0.1) is 36.4 Å². The molecule has 14 nitrogen and oxygen atoms in total. The van der Waals surface area contributed by atoms with Gasteiger partial charge in [-0.1, -0.05) is 54.9 Å². The predicted molar refractivity (Wildman–Crippen MR) is 238 cm³/mol. The van der Waals surface area contributed by atoms with Crippen LogP contribution in [0.4, 0.5) is 0 Å². The van der Waals surface area contributed by atoms with E-state index in [1.165, 1.54) is 0 Å². The van der Waals surface area contributed by atoms with Gasteiger partial charge < -0.3 is 64.0 Å². The number of rotatable bonds is 14. The third-order valence-corrected chi connectivity index (χ3v) is 14.8. The van der Waals surface area contributed by atoms with Gasteiger partial charge in [-0.15, -0.1) is 0 Å². The molecule has 0 aliphatic carbocycles. The number of carbonyl (C=O) groups is 1. The molecule has 0 aromatic rings. The average Bonchev–Trinajstić information content (AvgIpc) is 3.18. The van der Waals surface area contributed by atoms with Gasteiger partial charge in [-0.25, -0.2) is 0 Å². The molecular formula is C47H91N3O11. The number of aliphatic hydroxyl groups excluding tert-OH is 2. The second kappa shape index (κ2) is 22.5. The van der Waals surface area contributed by atoms with Crippen LogP contribution in [0.5, 0.6) is 0 Å². The highest BCUT2D eigenvalue weighted by Crippen LogP contribution is 2.45. The first-order chi connectivity index (χ1) is 28.2. The first-order valence-corrected chi connectivity index (χ1v) is 23.6. The zero-order valence-corrected chi connectivity index (χ0v) is 41.3. The van der Waals surface area contributed by atoms with E-state index >= 15 is 0 Å². The lowest BCUT2D eigenvalue weighted by molar-refractivity contribution is -0.334. The van der Waals surface area contributed by atoms with Crippen molar-refractivity contribution in [1.82, 2.24) is 15.1 Å². The fourth-order valence-corrected chi connectivity index (χ4v) is 10.7. The maximum absolute atomic E-state index is 14.6. The van der Waals surface area contributed by atoms with Crippen LogP contribution < -0.4 is 5.32 Å². The number of hydrogen-bond donors (Lipinski definition) is 5. The minimum absolute atomic E-state index is 0.0107. The van der Waals surface area contributed by atoms with Crippen molar-refractivity contribution in [3.05, 3.63) is 0 Å². The van der Waals surface area contributed by atoms with Crippen LogP contribution in [-0.2, 0) is 33.2 Å². The molecule has 1 unspecified atom stereocenters. The molecule has 0 aromatic heterocycles. The third-order valence-electron chi connectivity index (χ3n) is 14.8. The van der Waals surface area contributed by atoms with Gasteiger partial charge in [0, 0.05) is 50.7 Å². The monoisotopic (exact) mass is 874 g/mol. The highest BCUT2D eigenvalue weighted by molar-refractivity contribution is 5.73. The van der Waals surface area contributed by atoms with E-state index in [0.29, 0.717) is 19.4 Å². The van der Waals surface area contributed by atoms with Gasteiger partial charge in [0.15, 0.2) is 12.6 Å². The number of ether oxygens (including phenoxy) is 6. The van der Waals surface area contributed by atoms with Gasteiger partial charge in [0.25, 0.3) is 0 Å². The highest BCUT2D eigenvalue weighted by atomic mass is 16.7. The van der Waals surface area contributed by atoms with Crippen LogP contribution in [0.15, 0.2) is 0 Å². The smallest absolute Gasteiger partial charge is 0.311 e. The zero-order valence-electron chi connectivity index (χ0n) is 41.3. The molecule has 18 atom stereocenters. The maximum Gasteiger partial charge on any atom is 0.311 e. The summed E-state index contributed by atoms with van der Waals surface area (Å²) >= 11 is 0. The van der Waals surface area contributed by atoms with Crippen LogP contribution in [-0.4, -0.2) is 167 Å². The van der Waals surface area contributed by atoms with Gasteiger partial charge in [-0.3, -0.25) is 4.79 Å². The first kappa shape index (κ1) is 54.3. The molecule has 3 aliphatic rings. The molecule has 3 rings (SSSR count). The number of nitrogens with one attached hydrogen (secondary N) is 1. The molecule has 5 N–H and O–H groups in total. The maximum atomic E-state index is 14.6. The first-order valence-electron chi connectivity index (χ1n) is 23.6. The van der Waals surface area contributed by atoms with E-state index in [4.69, 9.17) is 28.4 Å². The molecule has 0 saturated carbocycles. The normalized spacial score (nSPS) is 44.3. The average molecular weight is 874 g/mol. The molecule has 0 spiro atoms. The highest BCUT2D eigenvalue weighted by Gasteiger charge is 2.58. The van der Waals surface area contributed by atoms with Crippen molar-refractivity contribution in [3.8, 4) is 0 Å². The standard InChI is InChI=1S/C47H91N3O11/c1-18-21-29(5)48-27-47(55)34(10)58-37(25-45(47,13)56-17)60-39-32(8)41(61-43-38(51)35(49(15)16)23-31(7)57-43)44(11,12)24-30(6)50(22-19-2)26-28(4)40(52)46(14,54)36(20-3)59-42(53)33(39)9/h28-41,43,48,51-52,54-55H,18-27H2,1-17H3/t28-,29?,30+,31+,32-,33+,34-,35-,36+,37+,38+,39+,40+,41+,43-,45-,46+,47+/m0/s1. The molecule has 360 valence electrons. The Balaban J connectivity index is 2.21. The van der Waals surface area contributed by atoms with Crippen LogP contribution in [0.3, 0.4) is 0 Å². The number of cyclic esters (lactones) is 1. The number of methoxy groups -OCH3 is 1. The van der Waals surface area contributed by atoms with Crippen LogP contribution >= 0.6 is 0 Å². The molecule has 0 radical (unpaired) electrons. The Kier molecular flexibility index (Phi) is 20.0. The second-order valence-electron chi connectivity index (χ2n) is 20.7. The van der Waals surface area contributed by atoms with Crippen molar-refractivity contribution in [2.45, 2.75) is 232 Å². The Morgan fingerprint density at radius 3 is 2.15 bits per heavy atom. The van der Waals surface area contributed by atoms with E-state index in [-0.39, 0.29) is 49.5 Å². The molecule has 0 aromatic carbocycles. The number of hydrogen-bond acceptors (Lipinski definition) is 14. The van der Waals surface area contributed by atoms with Crippen molar-refractivity contribution in [2.75, 3.05) is 40.8 Å². The lowest BCUT2D eigenvalue weighted by atomic mass is 9.72. The molecule has 0 bridgehead atoms. The summed E-state index contributed by atoms with van der Waals surface area (Å²) in [4.78, 5) is 18.9. The van der Waals surface area contributed by atoms with Crippen molar-refractivity contribution in [2.24, 2.45) is 23.2 Å². The quantitative estimate of drug-likeness (QED) is 0.146. The number of nitrogens with zero attached hydrogens (tertiary/aromatic N) is 2. The van der Waals surface area contributed by atoms with E-state index in [1.54, 1.807) is 21.0 Å². The molecule has 3 heterocycles. The summed E-state index contributed by atoms with van der Waals surface area (Å²) in [6.07, 6.45) is -2.94. The lowest BCUT2D eigenvalue weighted by Crippen LogP contribution is -2.70. The van der Waals surface area contributed by atoms with E-state index < -0.39 is 89.2 Å². The minimum Gasteiger partial charge on any atom is -0.459 e. The van der Waals surface area contributed by atoms with Crippen molar-refractivity contribution in [1.29, 1.82) is 0 Å². The SMILES string of the molecule is CCCC(C)NC[C@@]1(O)[C@H](C)O[C@H](O[C@@H]2[C@H](C)[C@@H](O[C@@H]3O[C@H](C)C[C@H](N(C)C)[C@H]3O)C(C)(C)C[C@@H](C)N(CCC)C[C@H](C)[C@@H](O)[C@](C)(O)[C@@H](CC)OC(=O)[C@@H]2C)C[C@]1(C)OC. The fraction of sp³-hybridized carbons (Fsp3) is 0.979. The van der Waals surface area contributed by atoms with Gasteiger partial charge in [-0.05, 0) is 113 Å². The summed E-state index contributed by atoms with van der Waals surface area (Å²) in [6.45, 7) is 29.1. The molecular weight excluding hydrogens is 783 g/mol. The lowest BCUT2D eigenvalue weighted by Gasteiger charge is -2.54. The second-order valence-corrected chi connectivity index (χ2v) is 20.7. The van der Waals surface area contributed by atoms with Gasteiger partial charge >= 0.3 is 5.97 Å². The Bertz CT molecular complexity index is 1340. The van der Waals surface area contributed by atoms with Gasteiger partial charge in [0.2, 0.25) is 0 Å². The van der Waals surface area contributed by atoms with Crippen LogP contribution in [0, 0.1) is 23.2 Å². The summed E-state index contributed by atoms with van der Waals surface area (Å²) in [6, 6.07) is -0.0191.